The average Bonchev–Trinajstić information content (AvgIpc) is 3.05. The molecule has 116 valence electrons. The average molecular weight is 302 g/mol. The summed E-state index contributed by atoms with van der Waals surface area (Å²) < 4.78 is 1.53. The second-order valence-corrected chi connectivity index (χ2v) is 4.90. The van der Waals surface area contributed by atoms with E-state index in [9.17, 15) is 9.59 Å². The predicted octanol–water partition coefficient (Wildman–Crippen LogP) is 1.64. The molecule has 2 N–H and O–H groups in total. The third kappa shape index (κ3) is 3.91. The summed E-state index contributed by atoms with van der Waals surface area (Å²) in [5, 5.41) is 15.7. The Balaban J connectivity index is 2.12. The largest absolute Gasteiger partial charge is 0.480 e. The fourth-order valence-corrected chi connectivity index (χ4v) is 2.04. The van der Waals surface area contributed by atoms with Gasteiger partial charge in [0.2, 0.25) is 0 Å². The number of nitrogens with zero attached hydrogens (tertiary/aromatic N) is 3. The number of carboxylic acids is 1. The van der Waals surface area contributed by atoms with Crippen LogP contribution in [0.4, 0.5) is 0 Å². The highest BCUT2D eigenvalue weighted by Gasteiger charge is 2.20. The molecule has 0 aliphatic carbocycles. The van der Waals surface area contributed by atoms with E-state index in [1.165, 1.54) is 17.3 Å². The number of benzene rings is 1. The van der Waals surface area contributed by atoms with E-state index in [4.69, 9.17) is 5.11 Å². The van der Waals surface area contributed by atoms with Gasteiger partial charge in [-0.15, -0.1) is 0 Å². The topological polar surface area (TPSA) is 97.1 Å². The summed E-state index contributed by atoms with van der Waals surface area (Å²) in [4.78, 5) is 27.3. The number of unbranched alkanes of at least 4 members (excludes halogenated alkanes) is 1. The van der Waals surface area contributed by atoms with Crippen molar-refractivity contribution in [3.63, 3.8) is 0 Å². The van der Waals surface area contributed by atoms with Gasteiger partial charge in [0.25, 0.3) is 5.91 Å². The van der Waals surface area contributed by atoms with Gasteiger partial charge in [0.1, 0.15) is 18.7 Å². The number of hydrogen-bond donors (Lipinski definition) is 2. The van der Waals surface area contributed by atoms with E-state index in [-0.39, 0.29) is 0 Å². The van der Waals surface area contributed by atoms with E-state index in [0.29, 0.717) is 17.7 Å². The third-order valence-corrected chi connectivity index (χ3v) is 3.24. The Morgan fingerprint density at radius 3 is 2.86 bits per heavy atom. The Kier molecular flexibility index (Phi) is 5.24. The lowest BCUT2D eigenvalue weighted by atomic mass is 10.1. The van der Waals surface area contributed by atoms with Crippen LogP contribution in [0, 0.1) is 0 Å². The van der Waals surface area contributed by atoms with E-state index < -0.39 is 17.9 Å². The highest BCUT2D eigenvalue weighted by atomic mass is 16.4. The van der Waals surface area contributed by atoms with Gasteiger partial charge in [-0.25, -0.2) is 14.5 Å². The van der Waals surface area contributed by atoms with Crippen LogP contribution in [-0.4, -0.2) is 37.8 Å². The summed E-state index contributed by atoms with van der Waals surface area (Å²) >= 11 is 0. The molecule has 0 spiro atoms. The number of aliphatic carboxylic acids is 1. The molecule has 22 heavy (non-hydrogen) atoms. The molecule has 1 atom stereocenters. The molecule has 1 amide bonds. The van der Waals surface area contributed by atoms with Gasteiger partial charge < -0.3 is 10.4 Å². The minimum absolute atomic E-state index is 0.385. The predicted molar refractivity (Wildman–Crippen MR) is 79.8 cm³/mol. The van der Waals surface area contributed by atoms with Crippen molar-refractivity contribution in [2.75, 3.05) is 0 Å². The van der Waals surface area contributed by atoms with Crippen molar-refractivity contribution in [1.29, 1.82) is 0 Å². The molecule has 0 bridgehead atoms. The molecule has 0 saturated heterocycles. The first kappa shape index (κ1) is 15.7. The maximum absolute atomic E-state index is 12.2. The lowest BCUT2D eigenvalue weighted by molar-refractivity contribution is -0.139. The number of carbonyl (C=O) groups is 2. The Morgan fingerprint density at radius 2 is 2.23 bits per heavy atom. The molecule has 1 aromatic carbocycles. The van der Waals surface area contributed by atoms with Crippen molar-refractivity contribution >= 4 is 11.9 Å². The summed E-state index contributed by atoms with van der Waals surface area (Å²) in [5.74, 6) is -1.43. The molecule has 0 aliphatic rings. The van der Waals surface area contributed by atoms with E-state index in [2.05, 4.69) is 15.4 Å². The summed E-state index contributed by atoms with van der Waals surface area (Å²) in [7, 11) is 0. The highest BCUT2D eigenvalue weighted by Crippen LogP contribution is 2.10. The summed E-state index contributed by atoms with van der Waals surface area (Å²) in [6.45, 7) is 1.97. The quantitative estimate of drug-likeness (QED) is 0.810. The van der Waals surface area contributed by atoms with Gasteiger partial charge in [-0.2, -0.15) is 5.10 Å². The molecule has 2 rings (SSSR count). The van der Waals surface area contributed by atoms with Crippen molar-refractivity contribution in [2.45, 2.75) is 32.2 Å². The van der Waals surface area contributed by atoms with E-state index in [1.54, 1.807) is 24.3 Å². The van der Waals surface area contributed by atoms with Gasteiger partial charge in [-0.1, -0.05) is 25.8 Å². The molecule has 2 aromatic rings. The maximum Gasteiger partial charge on any atom is 0.326 e. The summed E-state index contributed by atoms with van der Waals surface area (Å²) in [6.07, 6.45) is 4.97. The van der Waals surface area contributed by atoms with E-state index in [0.717, 1.165) is 12.8 Å². The lowest BCUT2D eigenvalue weighted by Crippen LogP contribution is -2.40. The molecular formula is C15H18N4O3. The number of aromatic nitrogens is 3. The molecule has 1 heterocycles. The third-order valence-electron chi connectivity index (χ3n) is 3.24. The number of amides is 1. The smallest absolute Gasteiger partial charge is 0.326 e. The number of carbonyl (C=O) groups excluding carboxylic acids is 1. The minimum atomic E-state index is -1.02. The molecule has 0 radical (unpaired) electrons. The zero-order chi connectivity index (χ0) is 15.9. The molecule has 0 saturated carbocycles. The molecule has 0 unspecified atom stereocenters. The molecule has 7 nitrogen and oxygen atoms in total. The first-order chi connectivity index (χ1) is 10.6. The first-order valence-electron chi connectivity index (χ1n) is 7.10. The van der Waals surface area contributed by atoms with Gasteiger partial charge in [0.15, 0.2) is 0 Å². The maximum atomic E-state index is 12.2. The second kappa shape index (κ2) is 7.35. The van der Waals surface area contributed by atoms with E-state index in [1.807, 2.05) is 6.92 Å². The Labute approximate surface area is 128 Å². The monoisotopic (exact) mass is 302 g/mol. The molecule has 7 heteroatoms. The van der Waals surface area contributed by atoms with Crippen molar-refractivity contribution in [2.24, 2.45) is 0 Å². The minimum Gasteiger partial charge on any atom is -0.480 e. The van der Waals surface area contributed by atoms with Gasteiger partial charge in [0, 0.05) is 5.56 Å². The normalized spacial score (nSPS) is 11.9. The zero-order valence-electron chi connectivity index (χ0n) is 12.3. The second-order valence-electron chi connectivity index (χ2n) is 4.90. The fraction of sp³-hybridized carbons (Fsp3) is 0.333. The van der Waals surface area contributed by atoms with Crippen LogP contribution in [0.1, 0.15) is 36.5 Å². The molecular weight excluding hydrogens is 284 g/mol. The number of hydrogen-bond acceptors (Lipinski definition) is 4. The Morgan fingerprint density at radius 1 is 1.41 bits per heavy atom. The van der Waals surface area contributed by atoms with Crippen LogP contribution >= 0.6 is 0 Å². The van der Waals surface area contributed by atoms with E-state index >= 15 is 0 Å². The SMILES string of the molecule is CCCC[C@H](NC(=O)c1cccc(-n2cncn2)c1)C(=O)O. The number of nitrogens with one attached hydrogen (secondary N) is 1. The van der Waals surface area contributed by atoms with Crippen LogP contribution in [0.15, 0.2) is 36.9 Å². The van der Waals surface area contributed by atoms with Crippen molar-refractivity contribution in [3.05, 3.63) is 42.5 Å². The summed E-state index contributed by atoms with van der Waals surface area (Å²) in [5.41, 5.74) is 1.07. The van der Waals surface area contributed by atoms with Crippen LogP contribution in [0.5, 0.6) is 0 Å². The van der Waals surface area contributed by atoms with Crippen LogP contribution < -0.4 is 5.32 Å². The van der Waals surface area contributed by atoms with Crippen molar-refractivity contribution in [3.8, 4) is 5.69 Å². The van der Waals surface area contributed by atoms with Crippen LogP contribution in [-0.2, 0) is 4.79 Å². The van der Waals surface area contributed by atoms with Gasteiger partial charge in [-0.05, 0) is 24.6 Å². The highest BCUT2D eigenvalue weighted by molar-refractivity contribution is 5.97. The fourth-order valence-electron chi connectivity index (χ4n) is 2.04. The molecule has 0 aliphatic heterocycles. The van der Waals surface area contributed by atoms with Crippen LogP contribution in [0.2, 0.25) is 0 Å². The van der Waals surface area contributed by atoms with Crippen LogP contribution in [0.3, 0.4) is 0 Å². The van der Waals surface area contributed by atoms with Crippen molar-refractivity contribution < 1.29 is 14.7 Å². The zero-order valence-corrected chi connectivity index (χ0v) is 12.3. The van der Waals surface area contributed by atoms with Gasteiger partial charge in [-0.3, -0.25) is 4.79 Å². The number of rotatable bonds is 7. The lowest BCUT2D eigenvalue weighted by Gasteiger charge is -2.14. The van der Waals surface area contributed by atoms with Gasteiger partial charge >= 0.3 is 5.97 Å². The Hall–Kier alpha value is -2.70. The molecule has 0 fully saturated rings. The first-order valence-corrected chi connectivity index (χ1v) is 7.10. The Bertz CT molecular complexity index is 640. The van der Waals surface area contributed by atoms with Crippen LogP contribution in [0.25, 0.3) is 5.69 Å². The summed E-state index contributed by atoms with van der Waals surface area (Å²) in [6, 6.07) is 5.91. The standard InChI is InChI=1S/C15H18N4O3/c1-2-3-7-13(15(21)22)18-14(20)11-5-4-6-12(8-11)19-10-16-9-17-19/h4-6,8-10,13H,2-3,7H2,1H3,(H,18,20)(H,21,22)/t13-/m0/s1. The molecule has 1 aromatic heterocycles. The van der Waals surface area contributed by atoms with Gasteiger partial charge in [0.05, 0.1) is 5.69 Å². The van der Waals surface area contributed by atoms with Crippen molar-refractivity contribution in [1.82, 2.24) is 20.1 Å². The number of carboxylic acid groups (broad SMARTS) is 1.